The van der Waals surface area contributed by atoms with Gasteiger partial charge >= 0.3 is 0 Å². The van der Waals surface area contributed by atoms with Crippen LogP contribution in [0.3, 0.4) is 0 Å². The predicted octanol–water partition coefficient (Wildman–Crippen LogP) is 4.94. The van der Waals surface area contributed by atoms with Gasteiger partial charge in [0, 0.05) is 21.7 Å². The van der Waals surface area contributed by atoms with Gasteiger partial charge in [0.15, 0.2) is 0 Å². The molecule has 3 heteroatoms. The molecule has 0 aromatic heterocycles. The van der Waals surface area contributed by atoms with Gasteiger partial charge in [-0.2, -0.15) is 0 Å². The second-order valence-electron chi connectivity index (χ2n) is 4.22. The molecule has 1 N–H and O–H groups in total. The zero-order valence-electron chi connectivity index (χ0n) is 10.4. The Morgan fingerprint density at radius 3 is 2.39 bits per heavy atom. The van der Waals surface area contributed by atoms with Crippen LogP contribution in [0, 0.1) is 0 Å². The van der Waals surface area contributed by atoms with Crippen molar-refractivity contribution in [3.8, 4) is 11.1 Å². The Morgan fingerprint density at radius 2 is 1.72 bits per heavy atom. The molecule has 0 aliphatic heterocycles. The van der Waals surface area contributed by atoms with E-state index >= 15 is 0 Å². The molecule has 1 atom stereocenters. The Labute approximate surface area is 118 Å². The van der Waals surface area contributed by atoms with Gasteiger partial charge in [0.25, 0.3) is 0 Å². The van der Waals surface area contributed by atoms with Crippen LogP contribution in [-0.4, -0.2) is 7.05 Å². The minimum absolute atomic E-state index is 0.271. The number of halogens is 2. The molecule has 0 heterocycles. The van der Waals surface area contributed by atoms with E-state index in [2.05, 4.69) is 24.4 Å². The molecule has 0 spiro atoms. The first-order valence-corrected chi connectivity index (χ1v) is 6.60. The summed E-state index contributed by atoms with van der Waals surface area (Å²) >= 11 is 12.2. The van der Waals surface area contributed by atoms with Gasteiger partial charge in [-0.05, 0) is 37.2 Å². The average molecular weight is 280 g/mol. The maximum Gasteiger partial charge on any atom is 0.0499 e. The van der Waals surface area contributed by atoms with Gasteiger partial charge < -0.3 is 5.32 Å². The van der Waals surface area contributed by atoms with Crippen molar-refractivity contribution in [2.75, 3.05) is 7.05 Å². The monoisotopic (exact) mass is 279 g/mol. The zero-order valence-corrected chi connectivity index (χ0v) is 11.9. The second kappa shape index (κ2) is 5.75. The summed E-state index contributed by atoms with van der Waals surface area (Å²) in [5.41, 5.74) is 3.38. The van der Waals surface area contributed by atoms with Gasteiger partial charge in [0.2, 0.25) is 0 Å². The zero-order chi connectivity index (χ0) is 13.1. The third-order valence-corrected chi connectivity index (χ3v) is 3.63. The molecule has 0 radical (unpaired) electrons. The lowest BCUT2D eigenvalue weighted by molar-refractivity contribution is 0.654. The van der Waals surface area contributed by atoms with Crippen LogP contribution in [0.15, 0.2) is 42.5 Å². The van der Waals surface area contributed by atoms with Crippen molar-refractivity contribution in [3.05, 3.63) is 58.1 Å². The third kappa shape index (κ3) is 2.69. The summed E-state index contributed by atoms with van der Waals surface area (Å²) in [5, 5.41) is 4.59. The largest absolute Gasteiger partial charge is 0.313 e. The van der Waals surface area contributed by atoms with Crippen LogP contribution in [0.25, 0.3) is 11.1 Å². The van der Waals surface area contributed by atoms with E-state index in [0.717, 1.165) is 11.1 Å². The summed E-state index contributed by atoms with van der Waals surface area (Å²) in [4.78, 5) is 0. The van der Waals surface area contributed by atoms with Gasteiger partial charge in [-0.25, -0.2) is 0 Å². The molecule has 0 bridgehead atoms. The fourth-order valence-corrected chi connectivity index (χ4v) is 2.49. The first kappa shape index (κ1) is 13.4. The first-order valence-electron chi connectivity index (χ1n) is 5.85. The lowest BCUT2D eigenvalue weighted by Crippen LogP contribution is -2.13. The van der Waals surface area contributed by atoms with Gasteiger partial charge in [-0.3, -0.25) is 0 Å². The average Bonchev–Trinajstić information content (AvgIpc) is 2.38. The summed E-state index contributed by atoms with van der Waals surface area (Å²) in [6.07, 6.45) is 0. The molecule has 1 unspecified atom stereocenters. The van der Waals surface area contributed by atoms with Crippen LogP contribution in [0.2, 0.25) is 10.0 Å². The van der Waals surface area contributed by atoms with Crippen LogP contribution < -0.4 is 5.32 Å². The van der Waals surface area contributed by atoms with Crippen molar-refractivity contribution in [1.29, 1.82) is 0 Å². The van der Waals surface area contributed by atoms with Gasteiger partial charge in [0.1, 0.15) is 0 Å². The number of rotatable bonds is 3. The Kier molecular flexibility index (Phi) is 4.28. The molecule has 0 aliphatic carbocycles. The summed E-state index contributed by atoms with van der Waals surface area (Å²) in [5.74, 6) is 0. The van der Waals surface area contributed by atoms with Gasteiger partial charge in [-0.1, -0.05) is 53.5 Å². The normalized spacial score (nSPS) is 12.4. The van der Waals surface area contributed by atoms with Crippen molar-refractivity contribution in [3.63, 3.8) is 0 Å². The molecular weight excluding hydrogens is 265 g/mol. The Hall–Kier alpha value is -1.02. The van der Waals surface area contributed by atoms with E-state index in [1.807, 2.05) is 31.3 Å². The molecule has 1 nitrogen and oxygen atoms in total. The highest BCUT2D eigenvalue weighted by Gasteiger charge is 2.12. The summed E-state index contributed by atoms with van der Waals surface area (Å²) in [7, 11) is 1.95. The van der Waals surface area contributed by atoms with Crippen LogP contribution in [0.5, 0.6) is 0 Å². The summed E-state index contributed by atoms with van der Waals surface area (Å²) < 4.78 is 0. The van der Waals surface area contributed by atoms with Crippen LogP contribution in [0.1, 0.15) is 18.5 Å². The van der Waals surface area contributed by atoms with E-state index in [4.69, 9.17) is 23.2 Å². The molecule has 0 saturated heterocycles. The van der Waals surface area contributed by atoms with Crippen molar-refractivity contribution < 1.29 is 0 Å². The highest BCUT2D eigenvalue weighted by molar-refractivity contribution is 6.36. The van der Waals surface area contributed by atoms with Crippen LogP contribution >= 0.6 is 23.2 Å². The molecule has 2 rings (SSSR count). The van der Waals surface area contributed by atoms with Crippen molar-refractivity contribution in [1.82, 2.24) is 5.32 Å². The fourth-order valence-electron chi connectivity index (χ4n) is 1.98. The minimum Gasteiger partial charge on any atom is -0.313 e. The van der Waals surface area contributed by atoms with Crippen LogP contribution in [-0.2, 0) is 0 Å². The highest BCUT2D eigenvalue weighted by Crippen LogP contribution is 2.34. The molecule has 0 fully saturated rings. The lowest BCUT2D eigenvalue weighted by Gasteiger charge is -2.16. The molecular formula is C15H15Cl2N. The van der Waals surface area contributed by atoms with E-state index in [-0.39, 0.29) is 6.04 Å². The van der Waals surface area contributed by atoms with E-state index in [1.165, 1.54) is 5.56 Å². The molecule has 0 aliphatic rings. The molecule has 2 aromatic carbocycles. The van der Waals surface area contributed by atoms with Crippen LogP contribution in [0.4, 0.5) is 0 Å². The third-order valence-electron chi connectivity index (χ3n) is 3.08. The Morgan fingerprint density at radius 1 is 1.00 bits per heavy atom. The highest BCUT2D eigenvalue weighted by atomic mass is 35.5. The smallest absolute Gasteiger partial charge is 0.0499 e. The fraction of sp³-hybridized carbons (Fsp3) is 0.200. The standard InChI is InChI=1S/C15H15Cl2N/c1-10(18-2)12-5-3-4-6-13(12)14-8-7-11(16)9-15(14)17/h3-10,18H,1-2H3. The number of nitrogens with one attached hydrogen (secondary N) is 1. The molecule has 94 valence electrons. The van der Waals surface area contributed by atoms with Gasteiger partial charge in [0.05, 0.1) is 0 Å². The minimum atomic E-state index is 0.271. The van der Waals surface area contributed by atoms with Crippen molar-refractivity contribution in [2.45, 2.75) is 13.0 Å². The van der Waals surface area contributed by atoms with E-state index in [0.29, 0.717) is 10.0 Å². The molecule has 0 saturated carbocycles. The first-order chi connectivity index (χ1) is 8.63. The molecule has 2 aromatic rings. The van der Waals surface area contributed by atoms with Gasteiger partial charge in [-0.15, -0.1) is 0 Å². The van der Waals surface area contributed by atoms with E-state index in [1.54, 1.807) is 6.07 Å². The quantitative estimate of drug-likeness (QED) is 0.839. The topological polar surface area (TPSA) is 12.0 Å². The molecule has 18 heavy (non-hydrogen) atoms. The maximum atomic E-state index is 6.28. The van der Waals surface area contributed by atoms with Crippen molar-refractivity contribution in [2.24, 2.45) is 0 Å². The van der Waals surface area contributed by atoms with Crippen molar-refractivity contribution >= 4 is 23.2 Å². The van der Waals surface area contributed by atoms with E-state index < -0.39 is 0 Å². The Bertz CT molecular complexity index is 552. The lowest BCUT2D eigenvalue weighted by atomic mass is 9.95. The predicted molar refractivity (Wildman–Crippen MR) is 79.4 cm³/mol. The van der Waals surface area contributed by atoms with E-state index in [9.17, 15) is 0 Å². The SMILES string of the molecule is CNC(C)c1ccccc1-c1ccc(Cl)cc1Cl. The summed E-state index contributed by atoms with van der Waals surface area (Å²) in [6.45, 7) is 2.13. The second-order valence-corrected chi connectivity index (χ2v) is 5.07. The number of hydrogen-bond donors (Lipinski definition) is 1. The number of benzene rings is 2. The Balaban J connectivity index is 2.56. The summed E-state index contributed by atoms with van der Waals surface area (Å²) in [6, 6.07) is 14.1. The maximum absolute atomic E-state index is 6.28. The molecule has 0 amide bonds. The number of hydrogen-bond acceptors (Lipinski definition) is 1.